The summed E-state index contributed by atoms with van der Waals surface area (Å²) < 4.78 is 65.7. The van der Waals surface area contributed by atoms with Crippen LogP contribution in [0.3, 0.4) is 0 Å². The number of carbonyl (C=O) groups excluding carboxylic acids is 2. The number of amides is 2. The molecule has 2 amide bonds. The monoisotopic (exact) mass is 613 g/mol. The van der Waals surface area contributed by atoms with E-state index in [2.05, 4.69) is 20.6 Å². The Bertz CT molecular complexity index is 1760. The fourth-order valence-corrected chi connectivity index (χ4v) is 5.45. The van der Waals surface area contributed by atoms with Crippen LogP contribution in [0.2, 0.25) is 0 Å². The number of halogens is 4. The summed E-state index contributed by atoms with van der Waals surface area (Å²) >= 11 is 0. The Morgan fingerprint density at radius 1 is 1.02 bits per heavy atom. The maximum Gasteiger partial charge on any atom is 0.257 e. The molecule has 4 aromatic rings. The topological polar surface area (TPSA) is 124 Å². The SMILES string of the molecule is COc1ccc(-c2cnc3c(Nc4cc(F)c(C(=O)N5CCN(C(=O)[C@@H]6C[C@@H](O)CN6)CC5)cc4F)nccn23)c(F)c1F. The van der Waals surface area contributed by atoms with E-state index in [0.717, 1.165) is 12.1 Å². The lowest BCUT2D eigenvalue weighted by Crippen LogP contribution is -2.54. The second-order valence-corrected chi connectivity index (χ2v) is 10.5. The Hall–Kier alpha value is -4.76. The molecule has 44 heavy (non-hydrogen) atoms. The molecule has 2 aromatic heterocycles. The zero-order valence-corrected chi connectivity index (χ0v) is 23.4. The molecule has 6 rings (SSSR count). The number of hydrogen-bond donors (Lipinski definition) is 3. The van der Waals surface area contributed by atoms with Gasteiger partial charge in [-0.1, -0.05) is 0 Å². The highest BCUT2D eigenvalue weighted by Crippen LogP contribution is 2.32. The molecule has 2 atom stereocenters. The van der Waals surface area contributed by atoms with Crippen LogP contribution in [0.5, 0.6) is 5.75 Å². The third-order valence-corrected chi connectivity index (χ3v) is 7.80. The molecule has 2 fully saturated rings. The quantitative estimate of drug-likeness (QED) is 0.284. The third-order valence-electron chi connectivity index (χ3n) is 7.80. The molecular weight excluding hydrogens is 586 g/mol. The number of aromatic nitrogens is 3. The zero-order valence-electron chi connectivity index (χ0n) is 23.4. The molecule has 230 valence electrons. The Morgan fingerprint density at radius 3 is 2.48 bits per heavy atom. The molecular formula is C29H27F4N7O4. The van der Waals surface area contributed by atoms with Crippen molar-refractivity contribution in [3.05, 3.63) is 71.7 Å². The molecule has 0 radical (unpaired) electrons. The fourth-order valence-electron chi connectivity index (χ4n) is 5.45. The first-order chi connectivity index (χ1) is 21.2. The van der Waals surface area contributed by atoms with Gasteiger partial charge in [0.1, 0.15) is 11.6 Å². The predicted octanol–water partition coefficient (Wildman–Crippen LogP) is 2.71. The smallest absolute Gasteiger partial charge is 0.257 e. The number of nitrogens with zero attached hydrogens (tertiary/aromatic N) is 5. The Morgan fingerprint density at radius 2 is 1.77 bits per heavy atom. The van der Waals surface area contributed by atoms with Crippen LogP contribution in [0.15, 0.2) is 42.9 Å². The molecule has 2 aliphatic rings. The zero-order chi connectivity index (χ0) is 31.1. The molecule has 0 aliphatic carbocycles. The average Bonchev–Trinajstić information content (AvgIpc) is 3.66. The molecule has 0 spiro atoms. The van der Waals surface area contributed by atoms with E-state index in [4.69, 9.17) is 4.74 Å². The number of benzene rings is 2. The summed E-state index contributed by atoms with van der Waals surface area (Å²) in [6.45, 7) is 1.04. The first-order valence-corrected chi connectivity index (χ1v) is 13.8. The van der Waals surface area contributed by atoms with Crippen LogP contribution < -0.4 is 15.4 Å². The van der Waals surface area contributed by atoms with Crippen molar-refractivity contribution in [1.82, 2.24) is 29.5 Å². The lowest BCUT2D eigenvalue weighted by Gasteiger charge is -2.36. The molecule has 0 unspecified atom stereocenters. The number of nitrogens with one attached hydrogen (secondary N) is 2. The second-order valence-electron chi connectivity index (χ2n) is 10.5. The Labute approximate surface area is 248 Å². The molecule has 4 heterocycles. The number of hydrogen-bond acceptors (Lipinski definition) is 8. The van der Waals surface area contributed by atoms with E-state index in [1.54, 1.807) is 4.90 Å². The number of imidazole rings is 1. The molecule has 0 bridgehead atoms. The minimum atomic E-state index is -1.17. The van der Waals surface area contributed by atoms with Gasteiger partial charge in [0, 0.05) is 56.7 Å². The first-order valence-electron chi connectivity index (χ1n) is 13.8. The minimum absolute atomic E-state index is 0.00409. The summed E-state index contributed by atoms with van der Waals surface area (Å²) in [5.74, 6) is -5.39. The van der Waals surface area contributed by atoms with Crippen molar-refractivity contribution in [3.63, 3.8) is 0 Å². The summed E-state index contributed by atoms with van der Waals surface area (Å²) in [7, 11) is 1.22. The van der Waals surface area contributed by atoms with Gasteiger partial charge in [0.15, 0.2) is 23.0 Å². The molecule has 11 nitrogen and oxygen atoms in total. The van der Waals surface area contributed by atoms with Crippen LogP contribution in [-0.4, -0.2) is 93.1 Å². The van der Waals surface area contributed by atoms with Gasteiger partial charge >= 0.3 is 0 Å². The van der Waals surface area contributed by atoms with Gasteiger partial charge in [0.2, 0.25) is 11.7 Å². The summed E-state index contributed by atoms with van der Waals surface area (Å²) in [6, 6.07) is 3.73. The van der Waals surface area contributed by atoms with Gasteiger partial charge in [-0.3, -0.25) is 14.0 Å². The van der Waals surface area contributed by atoms with Gasteiger partial charge in [0.25, 0.3) is 5.91 Å². The number of rotatable bonds is 6. The molecule has 2 aromatic carbocycles. The maximum absolute atomic E-state index is 15.2. The second kappa shape index (κ2) is 11.7. The van der Waals surface area contributed by atoms with E-state index >= 15 is 8.78 Å². The highest BCUT2D eigenvalue weighted by Gasteiger charge is 2.34. The van der Waals surface area contributed by atoms with E-state index in [0.29, 0.717) is 13.0 Å². The highest BCUT2D eigenvalue weighted by molar-refractivity contribution is 5.95. The van der Waals surface area contributed by atoms with Gasteiger partial charge in [-0.2, -0.15) is 4.39 Å². The van der Waals surface area contributed by atoms with Crippen LogP contribution in [-0.2, 0) is 4.79 Å². The van der Waals surface area contributed by atoms with E-state index in [1.807, 2.05) is 0 Å². The van der Waals surface area contributed by atoms with Crippen LogP contribution in [0.1, 0.15) is 16.8 Å². The largest absolute Gasteiger partial charge is 0.494 e. The van der Waals surface area contributed by atoms with E-state index < -0.39 is 46.9 Å². The molecule has 3 N–H and O–H groups in total. The van der Waals surface area contributed by atoms with Gasteiger partial charge < -0.3 is 30.3 Å². The van der Waals surface area contributed by atoms with Crippen LogP contribution in [0, 0.1) is 23.3 Å². The molecule has 2 saturated heterocycles. The number of fused-ring (bicyclic) bond motifs is 1. The van der Waals surface area contributed by atoms with Crippen molar-refractivity contribution >= 4 is 29.0 Å². The van der Waals surface area contributed by atoms with Crippen LogP contribution in [0.25, 0.3) is 16.9 Å². The van der Waals surface area contributed by atoms with Crippen LogP contribution in [0.4, 0.5) is 29.1 Å². The van der Waals surface area contributed by atoms with Crippen molar-refractivity contribution in [1.29, 1.82) is 0 Å². The number of piperazine rings is 1. The van der Waals surface area contributed by atoms with Crippen molar-refractivity contribution in [2.45, 2.75) is 18.6 Å². The Kier molecular flexibility index (Phi) is 7.82. The lowest BCUT2D eigenvalue weighted by molar-refractivity contribution is -0.134. The summed E-state index contributed by atoms with van der Waals surface area (Å²) in [5, 5.41) is 15.3. The van der Waals surface area contributed by atoms with Gasteiger partial charge in [-0.25, -0.2) is 23.1 Å². The van der Waals surface area contributed by atoms with Crippen molar-refractivity contribution in [2.75, 3.05) is 45.2 Å². The summed E-state index contributed by atoms with van der Waals surface area (Å²) in [4.78, 5) is 37.0. The lowest BCUT2D eigenvalue weighted by atomic mass is 10.1. The number of ether oxygens (including phenoxy) is 1. The van der Waals surface area contributed by atoms with Crippen LogP contribution >= 0.6 is 0 Å². The van der Waals surface area contributed by atoms with E-state index in [9.17, 15) is 23.5 Å². The maximum atomic E-state index is 15.2. The van der Waals surface area contributed by atoms with Gasteiger partial charge in [0.05, 0.1) is 42.4 Å². The number of carbonyl (C=O) groups is 2. The van der Waals surface area contributed by atoms with Gasteiger partial charge in [-0.15, -0.1) is 0 Å². The van der Waals surface area contributed by atoms with E-state index in [-0.39, 0.29) is 66.2 Å². The number of anilines is 2. The average molecular weight is 614 g/mol. The van der Waals surface area contributed by atoms with Crippen molar-refractivity contribution < 1.29 is 37.0 Å². The normalized spacial score (nSPS) is 18.6. The number of aliphatic hydroxyl groups excluding tert-OH is 1. The Balaban J connectivity index is 1.18. The summed E-state index contributed by atoms with van der Waals surface area (Å²) in [5.41, 5.74) is -0.608. The summed E-state index contributed by atoms with van der Waals surface area (Å²) in [6.07, 6.45) is 3.78. The standard InChI is InChI=1S/C29H27F4N7O4/c1-44-23-3-2-16(24(32)25(23)33)22-14-36-27-26(34-4-5-40(22)27)37-20-12-18(30)17(11-19(20)31)28(42)38-6-8-39(9-7-38)29(43)21-10-15(41)13-35-21/h2-5,11-12,14-15,21,35,41H,6-10,13H2,1H3,(H,34,37)/t15-,21+/m1/s1. The first kappa shape index (κ1) is 29.3. The van der Waals surface area contributed by atoms with E-state index in [1.165, 1.54) is 47.1 Å². The number of methoxy groups -OCH3 is 1. The molecule has 2 aliphatic heterocycles. The fraction of sp³-hybridized carbons (Fsp3) is 0.310. The van der Waals surface area contributed by atoms with Crippen molar-refractivity contribution in [3.8, 4) is 17.0 Å². The highest BCUT2D eigenvalue weighted by atomic mass is 19.2. The van der Waals surface area contributed by atoms with Crippen molar-refractivity contribution in [2.24, 2.45) is 0 Å². The van der Waals surface area contributed by atoms with Gasteiger partial charge in [-0.05, 0) is 24.6 Å². The third kappa shape index (κ3) is 5.28. The minimum Gasteiger partial charge on any atom is -0.494 e. The predicted molar refractivity (Wildman–Crippen MR) is 149 cm³/mol. The molecule has 0 saturated carbocycles. The number of β-amino-alcohol motifs (C(OH)–C–C–N with tert-alkyl or cyclic N) is 1. The number of aliphatic hydroxyl groups is 1. The molecule has 15 heteroatoms.